The number of carbonyl (C=O) groups is 1. The second-order valence-electron chi connectivity index (χ2n) is 6.12. The minimum Gasteiger partial charge on any atom is -0.435 e. The Bertz CT molecular complexity index is 878. The van der Waals surface area contributed by atoms with Crippen LogP contribution >= 0.6 is 0 Å². The molecule has 0 aliphatic rings. The Morgan fingerprint density at radius 2 is 1.56 bits per heavy atom. The predicted molar refractivity (Wildman–Crippen MR) is 101 cm³/mol. The van der Waals surface area contributed by atoms with Crippen molar-refractivity contribution < 1.29 is 18.3 Å². The van der Waals surface area contributed by atoms with Crippen LogP contribution in [-0.4, -0.2) is 12.5 Å². The Morgan fingerprint density at radius 1 is 0.926 bits per heavy atom. The van der Waals surface area contributed by atoms with Crippen LogP contribution in [-0.2, 0) is 6.54 Å². The van der Waals surface area contributed by atoms with E-state index in [1.54, 1.807) is 4.90 Å². The van der Waals surface area contributed by atoms with Crippen molar-refractivity contribution in [3.8, 4) is 5.75 Å². The van der Waals surface area contributed by atoms with Crippen LogP contribution in [0.4, 0.5) is 14.5 Å². The summed E-state index contributed by atoms with van der Waals surface area (Å²) in [5, 5.41) is 0. The standard InChI is InChI=1S/C22H19F2NO2/c1-16-7-11-19(12-8-16)25(15-17-5-3-2-4-6-17)21(26)18-9-13-20(14-10-18)27-22(23)24/h2-14,22H,15H2,1H3. The SMILES string of the molecule is Cc1ccc(N(Cc2ccccc2)C(=O)c2ccc(OC(F)F)cc2)cc1. The van der Waals surface area contributed by atoms with Crippen molar-refractivity contribution in [2.75, 3.05) is 4.90 Å². The summed E-state index contributed by atoms with van der Waals surface area (Å²) in [5.41, 5.74) is 3.25. The van der Waals surface area contributed by atoms with Gasteiger partial charge < -0.3 is 9.64 Å². The summed E-state index contributed by atoms with van der Waals surface area (Å²) >= 11 is 0. The molecule has 5 heteroatoms. The zero-order chi connectivity index (χ0) is 19.2. The number of benzene rings is 3. The number of anilines is 1. The largest absolute Gasteiger partial charge is 0.435 e. The molecule has 1 amide bonds. The fourth-order valence-corrected chi connectivity index (χ4v) is 2.71. The van der Waals surface area contributed by atoms with Crippen LogP contribution in [0.2, 0.25) is 0 Å². The summed E-state index contributed by atoms with van der Waals surface area (Å²) < 4.78 is 29.0. The van der Waals surface area contributed by atoms with E-state index in [0.717, 1.165) is 16.8 Å². The number of amides is 1. The maximum Gasteiger partial charge on any atom is 0.387 e. The summed E-state index contributed by atoms with van der Waals surface area (Å²) in [6.07, 6.45) is 0. The van der Waals surface area contributed by atoms with E-state index in [-0.39, 0.29) is 11.7 Å². The zero-order valence-corrected chi connectivity index (χ0v) is 14.8. The van der Waals surface area contributed by atoms with Crippen LogP contribution < -0.4 is 9.64 Å². The first-order chi connectivity index (χ1) is 13.0. The molecule has 3 rings (SSSR count). The van der Waals surface area contributed by atoms with Gasteiger partial charge in [-0.3, -0.25) is 4.79 Å². The van der Waals surface area contributed by atoms with Crippen molar-refractivity contribution in [2.45, 2.75) is 20.1 Å². The topological polar surface area (TPSA) is 29.5 Å². The quantitative estimate of drug-likeness (QED) is 0.580. The van der Waals surface area contributed by atoms with Crippen LogP contribution in [0.5, 0.6) is 5.75 Å². The van der Waals surface area contributed by atoms with Crippen molar-refractivity contribution in [3.63, 3.8) is 0 Å². The molecule has 0 aromatic heterocycles. The second kappa shape index (κ2) is 8.45. The van der Waals surface area contributed by atoms with Gasteiger partial charge in [-0.1, -0.05) is 48.0 Å². The minimum absolute atomic E-state index is 0.0199. The van der Waals surface area contributed by atoms with Crippen molar-refractivity contribution in [1.82, 2.24) is 0 Å². The van der Waals surface area contributed by atoms with Crippen LogP contribution in [0.25, 0.3) is 0 Å². The maximum absolute atomic E-state index is 13.1. The average molecular weight is 367 g/mol. The highest BCUT2D eigenvalue weighted by Crippen LogP contribution is 2.22. The molecule has 0 saturated heterocycles. The lowest BCUT2D eigenvalue weighted by atomic mass is 10.1. The van der Waals surface area contributed by atoms with Crippen LogP contribution in [0.15, 0.2) is 78.9 Å². The van der Waals surface area contributed by atoms with Gasteiger partial charge in [0, 0.05) is 11.3 Å². The van der Waals surface area contributed by atoms with Gasteiger partial charge in [0.25, 0.3) is 5.91 Å². The maximum atomic E-state index is 13.1. The summed E-state index contributed by atoms with van der Waals surface area (Å²) in [7, 11) is 0. The van der Waals surface area contributed by atoms with E-state index >= 15 is 0 Å². The molecule has 0 saturated carbocycles. The molecule has 138 valence electrons. The lowest BCUT2D eigenvalue weighted by Gasteiger charge is -2.23. The molecule has 0 N–H and O–H groups in total. The number of aryl methyl sites for hydroxylation is 1. The first-order valence-electron chi connectivity index (χ1n) is 8.50. The van der Waals surface area contributed by atoms with Crippen LogP contribution in [0.1, 0.15) is 21.5 Å². The Balaban J connectivity index is 1.89. The average Bonchev–Trinajstić information content (AvgIpc) is 2.67. The van der Waals surface area contributed by atoms with Crippen molar-refractivity contribution >= 4 is 11.6 Å². The van der Waals surface area contributed by atoms with Crippen LogP contribution in [0, 0.1) is 6.92 Å². The molecule has 3 aromatic rings. The number of rotatable bonds is 6. The molecule has 27 heavy (non-hydrogen) atoms. The molecular formula is C22H19F2NO2. The van der Waals surface area contributed by atoms with E-state index in [2.05, 4.69) is 4.74 Å². The lowest BCUT2D eigenvalue weighted by molar-refractivity contribution is -0.0498. The lowest BCUT2D eigenvalue weighted by Crippen LogP contribution is -2.30. The molecule has 0 atom stereocenters. The Morgan fingerprint density at radius 3 is 2.15 bits per heavy atom. The summed E-state index contributed by atoms with van der Waals surface area (Å²) in [4.78, 5) is 14.8. The van der Waals surface area contributed by atoms with E-state index in [0.29, 0.717) is 12.1 Å². The van der Waals surface area contributed by atoms with Gasteiger partial charge in [0.05, 0.1) is 6.54 Å². The Hall–Kier alpha value is -3.21. The summed E-state index contributed by atoms with van der Waals surface area (Å²) in [6, 6.07) is 23.1. The number of hydrogen-bond acceptors (Lipinski definition) is 2. The molecule has 0 bridgehead atoms. The molecule has 3 nitrogen and oxygen atoms in total. The van der Waals surface area contributed by atoms with Gasteiger partial charge in [-0.05, 0) is 48.9 Å². The normalized spacial score (nSPS) is 10.7. The molecule has 0 unspecified atom stereocenters. The summed E-state index contributed by atoms with van der Waals surface area (Å²) in [5.74, 6) is -0.196. The zero-order valence-electron chi connectivity index (χ0n) is 14.8. The number of hydrogen-bond donors (Lipinski definition) is 0. The van der Waals surface area contributed by atoms with E-state index in [4.69, 9.17) is 0 Å². The number of nitrogens with zero attached hydrogens (tertiary/aromatic N) is 1. The molecule has 0 spiro atoms. The smallest absolute Gasteiger partial charge is 0.387 e. The van der Waals surface area contributed by atoms with Gasteiger partial charge in [-0.25, -0.2) is 0 Å². The highest BCUT2D eigenvalue weighted by molar-refractivity contribution is 6.06. The first kappa shape index (κ1) is 18.6. The number of carbonyl (C=O) groups excluding carboxylic acids is 1. The third kappa shape index (κ3) is 4.91. The molecule has 3 aromatic carbocycles. The van der Waals surface area contributed by atoms with E-state index in [1.807, 2.05) is 61.5 Å². The van der Waals surface area contributed by atoms with Gasteiger partial charge in [-0.2, -0.15) is 8.78 Å². The summed E-state index contributed by atoms with van der Waals surface area (Å²) in [6.45, 7) is -0.513. The van der Waals surface area contributed by atoms with Gasteiger partial charge in [0.1, 0.15) is 5.75 Å². The number of ether oxygens (including phenoxy) is 1. The van der Waals surface area contributed by atoms with Gasteiger partial charge in [-0.15, -0.1) is 0 Å². The van der Waals surface area contributed by atoms with Crippen molar-refractivity contribution in [1.29, 1.82) is 0 Å². The minimum atomic E-state index is -2.89. The van der Waals surface area contributed by atoms with Crippen molar-refractivity contribution in [2.24, 2.45) is 0 Å². The fourth-order valence-electron chi connectivity index (χ4n) is 2.71. The first-order valence-corrected chi connectivity index (χ1v) is 8.50. The third-order valence-electron chi connectivity index (χ3n) is 4.10. The Labute approximate surface area is 156 Å². The third-order valence-corrected chi connectivity index (χ3v) is 4.10. The van der Waals surface area contributed by atoms with Gasteiger partial charge in [0.2, 0.25) is 0 Å². The molecule has 0 aliphatic carbocycles. The van der Waals surface area contributed by atoms with E-state index in [9.17, 15) is 13.6 Å². The highest BCUT2D eigenvalue weighted by Gasteiger charge is 2.18. The Kier molecular flexibility index (Phi) is 5.81. The monoisotopic (exact) mass is 367 g/mol. The molecule has 0 aliphatic heterocycles. The number of alkyl halides is 2. The molecule has 0 fully saturated rings. The molecular weight excluding hydrogens is 348 g/mol. The van der Waals surface area contributed by atoms with E-state index < -0.39 is 6.61 Å². The second-order valence-corrected chi connectivity index (χ2v) is 6.12. The van der Waals surface area contributed by atoms with E-state index in [1.165, 1.54) is 24.3 Å². The fraction of sp³-hybridized carbons (Fsp3) is 0.136. The highest BCUT2D eigenvalue weighted by atomic mass is 19.3. The molecule has 0 heterocycles. The van der Waals surface area contributed by atoms with Gasteiger partial charge >= 0.3 is 6.61 Å². The predicted octanol–water partition coefficient (Wildman–Crippen LogP) is 5.44. The number of halogens is 2. The molecule has 0 radical (unpaired) electrons. The van der Waals surface area contributed by atoms with Crippen LogP contribution in [0.3, 0.4) is 0 Å². The van der Waals surface area contributed by atoms with Gasteiger partial charge in [0.15, 0.2) is 0 Å². The van der Waals surface area contributed by atoms with Crippen molar-refractivity contribution in [3.05, 3.63) is 95.6 Å².